The highest BCUT2D eigenvalue weighted by molar-refractivity contribution is 5.98. The Morgan fingerprint density at radius 2 is 2.06 bits per heavy atom. The predicted octanol–water partition coefficient (Wildman–Crippen LogP) is 2.92. The average Bonchev–Trinajstić information content (AvgIpc) is 3.21. The molecule has 1 aliphatic rings. The molecule has 8 nitrogen and oxygen atoms in total. The first-order chi connectivity index (χ1) is 15.4. The summed E-state index contributed by atoms with van der Waals surface area (Å²) in [5, 5.41) is 7.55. The zero-order chi connectivity index (χ0) is 22.7. The Hall–Kier alpha value is -3.66. The first kappa shape index (κ1) is 21.6. The van der Waals surface area contributed by atoms with E-state index in [0.29, 0.717) is 37.3 Å². The molecule has 1 amide bonds. The predicted molar refractivity (Wildman–Crippen MR) is 117 cm³/mol. The largest absolute Gasteiger partial charge is 0.365 e. The minimum absolute atomic E-state index is 0.135. The van der Waals surface area contributed by atoms with E-state index in [1.807, 2.05) is 0 Å². The average molecular weight is 439 g/mol. The number of nitrogens with zero attached hydrogens (tertiary/aromatic N) is 5. The molecule has 3 heterocycles. The molecule has 0 radical (unpaired) electrons. The fourth-order valence-corrected chi connectivity index (χ4v) is 3.88. The van der Waals surface area contributed by atoms with Crippen LogP contribution >= 0.6 is 0 Å². The van der Waals surface area contributed by atoms with Gasteiger partial charge in [0.2, 0.25) is 5.95 Å². The van der Waals surface area contributed by atoms with Crippen molar-refractivity contribution in [3.05, 3.63) is 71.7 Å². The zero-order valence-corrected chi connectivity index (χ0v) is 17.3. The van der Waals surface area contributed by atoms with Crippen molar-refractivity contribution in [2.24, 2.45) is 10.7 Å². The molecule has 0 bridgehead atoms. The summed E-state index contributed by atoms with van der Waals surface area (Å²) in [4.78, 5) is 22.1. The van der Waals surface area contributed by atoms with Gasteiger partial charge in [-0.2, -0.15) is 9.49 Å². The third kappa shape index (κ3) is 4.65. The van der Waals surface area contributed by atoms with Gasteiger partial charge in [-0.05, 0) is 43.5 Å². The molecule has 32 heavy (non-hydrogen) atoms. The number of aromatic nitrogens is 3. The standard InChI is InChI=1S/C22H23F2N7O/c1-26-18-8-10-30(11-14-3-2-9-27-20(14)24)13-19(18)31-12-17(21(25)32)22(29-31)28-16-6-4-15(23)5-7-16/h2-7,9,12,18-19H,1,8,10-11,13H2,(H2,25,32)(H,28,29)/t18-,19-/m1/s1. The van der Waals surface area contributed by atoms with Crippen LogP contribution in [0.4, 0.5) is 20.3 Å². The highest BCUT2D eigenvalue weighted by Crippen LogP contribution is 2.28. The molecule has 0 spiro atoms. The number of benzene rings is 1. The molecule has 1 aliphatic heterocycles. The maximum absolute atomic E-state index is 14.0. The summed E-state index contributed by atoms with van der Waals surface area (Å²) in [5.74, 6) is -1.24. The monoisotopic (exact) mass is 439 g/mol. The van der Waals surface area contributed by atoms with Gasteiger partial charge in [0.15, 0.2) is 5.82 Å². The van der Waals surface area contributed by atoms with Gasteiger partial charge in [-0.1, -0.05) is 6.07 Å². The number of carbonyl (C=O) groups excluding carboxylic acids is 1. The number of nitrogens with two attached hydrogens (primary N) is 1. The van der Waals surface area contributed by atoms with E-state index >= 15 is 0 Å². The van der Waals surface area contributed by atoms with Crippen LogP contribution in [0.1, 0.15) is 28.4 Å². The van der Waals surface area contributed by atoms with Crippen LogP contribution in [0, 0.1) is 11.8 Å². The van der Waals surface area contributed by atoms with Crippen molar-refractivity contribution in [3.63, 3.8) is 0 Å². The second-order valence-corrected chi connectivity index (χ2v) is 7.66. The lowest BCUT2D eigenvalue weighted by Gasteiger charge is -2.36. The lowest BCUT2D eigenvalue weighted by Crippen LogP contribution is -2.43. The molecule has 0 saturated carbocycles. The Bertz CT molecular complexity index is 1120. The number of nitrogens with one attached hydrogen (secondary N) is 1. The van der Waals surface area contributed by atoms with Crippen molar-refractivity contribution in [1.29, 1.82) is 0 Å². The van der Waals surface area contributed by atoms with Gasteiger partial charge in [0.25, 0.3) is 5.91 Å². The van der Waals surface area contributed by atoms with Gasteiger partial charge in [-0.25, -0.2) is 9.37 Å². The van der Waals surface area contributed by atoms with E-state index < -0.39 is 11.9 Å². The quantitative estimate of drug-likeness (QED) is 0.435. The van der Waals surface area contributed by atoms with Crippen LogP contribution in [0.2, 0.25) is 0 Å². The number of rotatable bonds is 7. The van der Waals surface area contributed by atoms with E-state index in [1.165, 1.54) is 30.5 Å². The number of aliphatic imine (C=N–C) groups is 1. The minimum atomic E-state index is -0.644. The Morgan fingerprint density at radius 3 is 2.75 bits per heavy atom. The number of amides is 1. The smallest absolute Gasteiger partial charge is 0.254 e. The summed E-state index contributed by atoms with van der Waals surface area (Å²) in [6.45, 7) is 5.32. The summed E-state index contributed by atoms with van der Waals surface area (Å²) >= 11 is 0. The third-order valence-electron chi connectivity index (χ3n) is 5.54. The van der Waals surface area contributed by atoms with Gasteiger partial charge in [-0.3, -0.25) is 19.4 Å². The number of hydrogen-bond donors (Lipinski definition) is 2. The van der Waals surface area contributed by atoms with Crippen molar-refractivity contribution in [1.82, 2.24) is 19.7 Å². The molecule has 0 unspecified atom stereocenters. The van der Waals surface area contributed by atoms with Crippen molar-refractivity contribution in [2.75, 3.05) is 18.4 Å². The number of pyridine rings is 1. The van der Waals surface area contributed by atoms with E-state index in [-0.39, 0.29) is 29.3 Å². The van der Waals surface area contributed by atoms with Gasteiger partial charge in [0.1, 0.15) is 11.4 Å². The van der Waals surface area contributed by atoms with E-state index in [2.05, 4.69) is 32.0 Å². The van der Waals surface area contributed by atoms with Crippen molar-refractivity contribution < 1.29 is 13.6 Å². The molecule has 1 aromatic carbocycles. The van der Waals surface area contributed by atoms with Crippen LogP contribution in [0.5, 0.6) is 0 Å². The molecule has 3 aromatic rings. The van der Waals surface area contributed by atoms with E-state index in [1.54, 1.807) is 23.0 Å². The number of piperidine rings is 1. The fraction of sp³-hybridized carbons (Fsp3) is 0.273. The van der Waals surface area contributed by atoms with Crippen molar-refractivity contribution >= 4 is 24.1 Å². The Balaban J connectivity index is 1.59. The van der Waals surface area contributed by atoms with E-state index in [4.69, 9.17) is 5.73 Å². The lowest BCUT2D eigenvalue weighted by atomic mass is 9.99. The molecule has 3 N–H and O–H groups in total. The topological polar surface area (TPSA) is 101 Å². The van der Waals surface area contributed by atoms with Crippen LogP contribution in [0.3, 0.4) is 0 Å². The maximum atomic E-state index is 14.0. The molecule has 2 atom stereocenters. The molecule has 10 heteroatoms. The lowest BCUT2D eigenvalue weighted by molar-refractivity contribution is 0.100. The zero-order valence-electron chi connectivity index (χ0n) is 17.3. The van der Waals surface area contributed by atoms with Gasteiger partial charge in [0.05, 0.1) is 12.1 Å². The van der Waals surface area contributed by atoms with E-state index in [9.17, 15) is 13.6 Å². The van der Waals surface area contributed by atoms with Gasteiger partial charge >= 0.3 is 0 Å². The summed E-state index contributed by atoms with van der Waals surface area (Å²) in [7, 11) is 0. The molecule has 1 saturated heterocycles. The Kier molecular flexibility index (Phi) is 6.22. The molecule has 1 fully saturated rings. The number of hydrogen-bond acceptors (Lipinski definition) is 6. The highest BCUT2D eigenvalue weighted by Gasteiger charge is 2.32. The van der Waals surface area contributed by atoms with Gasteiger partial charge in [-0.15, -0.1) is 0 Å². The highest BCUT2D eigenvalue weighted by atomic mass is 19.1. The summed E-state index contributed by atoms with van der Waals surface area (Å²) in [5.41, 5.74) is 6.84. The number of likely N-dealkylation sites (tertiary alicyclic amines) is 1. The molecular weight excluding hydrogens is 416 g/mol. The first-order valence-electron chi connectivity index (χ1n) is 10.1. The summed E-state index contributed by atoms with van der Waals surface area (Å²) < 4.78 is 28.9. The summed E-state index contributed by atoms with van der Waals surface area (Å²) in [6, 6.07) is 8.73. The Labute approximate surface area is 183 Å². The van der Waals surface area contributed by atoms with Crippen LogP contribution in [-0.4, -0.2) is 51.4 Å². The van der Waals surface area contributed by atoms with Crippen LogP contribution in [0.25, 0.3) is 0 Å². The third-order valence-corrected chi connectivity index (χ3v) is 5.54. The second kappa shape index (κ2) is 9.23. The molecule has 0 aliphatic carbocycles. The number of carbonyl (C=O) groups is 1. The second-order valence-electron chi connectivity index (χ2n) is 7.66. The van der Waals surface area contributed by atoms with Crippen LogP contribution in [0.15, 0.2) is 53.8 Å². The number of anilines is 2. The molecule has 2 aromatic heterocycles. The normalized spacial score (nSPS) is 18.9. The minimum Gasteiger partial charge on any atom is -0.365 e. The van der Waals surface area contributed by atoms with Gasteiger partial charge in [0, 0.05) is 43.3 Å². The van der Waals surface area contributed by atoms with Crippen molar-refractivity contribution in [2.45, 2.75) is 25.0 Å². The first-order valence-corrected chi connectivity index (χ1v) is 10.1. The molecule has 4 rings (SSSR count). The fourth-order valence-electron chi connectivity index (χ4n) is 3.88. The van der Waals surface area contributed by atoms with Crippen LogP contribution < -0.4 is 11.1 Å². The molecule has 166 valence electrons. The summed E-state index contributed by atoms with van der Waals surface area (Å²) in [6.07, 6.45) is 3.69. The number of primary amides is 1. The SMILES string of the molecule is C=N[C@@H]1CCN(Cc2cccnc2F)C[C@H]1n1cc(C(N)=O)c(Nc2ccc(F)cc2)n1. The number of halogens is 2. The van der Waals surface area contributed by atoms with Crippen molar-refractivity contribution in [3.8, 4) is 0 Å². The molecular formula is C22H23F2N7O. The maximum Gasteiger partial charge on any atom is 0.254 e. The van der Waals surface area contributed by atoms with Crippen LogP contribution in [-0.2, 0) is 6.54 Å². The van der Waals surface area contributed by atoms with Gasteiger partial charge < -0.3 is 11.1 Å². The Morgan fingerprint density at radius 1 is 1.28 bits per heavy atom. The van der Waals surface area contributed by atoms with E-state index in [0.717, 1.165) is 0 Å².